The number of aryl methyl sites for hydroxylation is 2. The van der Waals surface area contributed by atoms with Gasteiger partial charge in [-0.2, -0.15) is 0 Å². The van der Waals surface area contributed by atoms with E-state index in [4.69, 9.17) is 4.74 Å². The molecular weight excluding hydrogens is 250 g/mol. The fourth-order valence-corrected chi connectivity index (χ4v) is 2.02. The summed E-state index contributed by atoms with van der Waals surface area (Å²) in [6.07, 6.45) is 1.06. The summed E-state index contributed by atoms with van der Waals surface area (Å²) in [5, 5.41) is 3.30. The Morgan fingerprint density at radius 3 is 2.65 bits per heavy atom. The molecule has 0 saturated heterocycles. The number of hydrogen-bond acceptors (Lipinski definition) is 4. The first kappa shape index (κ1) is 14.3. The van der Waals surface area contributed by atoms with E-state index in [1.165, 1.54) is 0 Å². The fraction of sp³-hybridized carbons (Fsp3) is 0.375. The van der Waals surface area contributed by atoms with Gasteiger partial charge in [0.05, 0.1) is 12.7 Å². The minimum absolute atomic E-state index is 0.695. The Kier molecular flexibility index (Phi) is 4.56. The Morgan fingerprint density at radius 2 is 1.95 bits per heavy atom. The molecule has 0 amide bonds. The molecule has 1 aromatic carbocycles. The molecular formula is C16H21N3O. The maximum atomic E-state index is 5.44. The average molecular weight is 271 g/mol. The summed E-state index contributed by atoms with van der Waals surface area (Å²) >= 11 is 0. The second-order valence-corrected chi connectivity index (χ2v) is 4.85. The van der Waals surface area contributed by atoms with Crippen LogP contribution in [0, 0.1) is 13.8 Å². The van der Waals surface area contributed by atoms with Gasteiger partial charge in [0.1, 0.15) is 11.6 Å². The first-order chi connectivity index (χ1) is 9.63. The topological polar surface area (TPSA) is 47.0 Å². The van der Waals surface area contributed by atoms with Gasteiger partial charge in [0, 0.05) is 18.3 Å². The third kappa shape index (κ3) is 3.26. The smallest absolute Gasteiger partial charge is 0.165 e. The number of rotatable bonds is 5. The molecule has 0 aliphatic heterocycles. The zero-order valence-electron chi connectivity index (χ0n) is 12.5. The van der Waals surface area contributed by atoms with Crippen LogP contribution in [0.25, 0.3) is 11.4 Å². The normalized spacial score (nSPS) is 10.4. The summed E-state index contributed by atoms with van der Waals surface area (Å²) in [6.45, 7) is 7.05. The number of nitrogens with zero attached hydrogens (tertiary/aromatic N) is 2. The van der Waals surface area contributed by atoms with Crippen molar-refractivity contribution in [1.29, 1.82) is 0 Å². The minimum atomic E-state index is 0.695. The van der Waals surface area contributed by atoms with Crippen molar-refractivity contribution < 1.29 is 4.74 Å². The summed E-state index contributed by atoms with van der Waals surface area (Å²) in [5.41, 5.74) is 3.01. The monoisotopic (exact) mass is 271 g/mol. The van der Waals surface area contributed by atoms with Crippen LogP contribution >= 0.6 is 0 Å². The van der Waals surface area contributed by atoms with Crippen LogP contribution in [0.2, 0.25) is 0 Å². The van der Waals surface area contributed by atoms with Crippen molar-refractivity contribution in [3.05, 3.63) is 35.5 Å². The Hall–Kier alpha value is -2.10. The molecule has 2 rings (SSSR count). The molecule has 20 heavy (non-hydrogen) atoms. The van der Waals surface area contributed by atoms with E-state index in [0.29, 0.717) is 5.82 Å². The van der Waals surface area contributed by atoms with Crippen molar-refractivity contribution in [3.63, 3.8) is 0 Å². The molecule has 2 aromatic rings. The van der Waals surface area contributed by atoms with Crippen molar-refractivity contribution in [3.8, 4) is 17.1 Å². The van der Waals surface area contributed by atoms with E-state index < -0.39 is 0 Å². The van der Waals surface area contributed by atoms with Crippen LogP contribution in [0.4, 0.5) is 5.82 Å². The molecule has 0 fully saturated rings. The molecule has 4 nitrogen and oxygen atoms in total. The molecule has 0 aliphatic carbocycles. The molecule has 1 heterocycles. The second-order valence-electron chi connectivity index (χ2n) is 4.85. The first-order valence-corrected chi connectivity index (χ1v) is 6.88. The molecule has 0 radical (unpaired) electrons. The van der Waals surface area contributed by atoms with Crippen LogP contribution in [0.15, 0.2) is 24.3 Å². The van der Waals surface area contributed by atoms with Crippen LogP contribution in [0.1, 0.15) is 24.6 Å². The van der Waals surface area contributed by atoms with Crippen molar-refractivity contribution in [1.82, 2.24) is 9.97 Å². The lowest BCUT2D eigenvalue weighted by Crippen LogP contribution is -2.05. The zero-order chi connectivity index (χ0) is 14.5. The Morgan fingerprint density at radius 1 is 1.15 bits per heavy atom. The summed E-state index contributed by atoms with van der Waals surface area (Å²) in [5.74, 6) is 2.36. The SMILES string of the molecule is CCCNc1cc(C)nc(-c2ccc(C)cc2OC)n1. The van der Waals surface area contributed by atoms with Gasteiger partial charge in [-0.05, 0) is 38.0 Å². The lowest BCUT2D eigenvalue weighted by atomic mass is 10.1. The molecule has 0 unspecified atom stereocenters. The van der Waals surface area contributed by atoms with Crippen molar-refractivity contribution in [2.75, 3.05) is 19.0 Å². The van der Waals surface area contributed by atoms with E-state index in [1.54, 1.807) is 7.11 Å². The molecule has 1 aromatic heterocycles. The lowest BCUT2D eigenvalue weighted by Gasteiger charge is -2.11. The minimum Gasteiger partial charge on any atom is -0.496 e. The molecule has 0 spiro atoms. The first-order valence-electron chi connectivity index (χ1n) is 6.88. The highest BCUT2D eigenvalue weighted by atomic mass is 16.5. The van der Waals surface area contributed by atoms with Crippen LogP contribution in [-0.4, -0.2) is 23.6 Å². The Balaban J connectivity index is 2.44. The number of hydrogen-bond donors (Lipinski definition) is 1. The van der Waals surface area contributed by atoms with Gasteiger partial charge in [0.2, 0.25) is 0 Å². The van der Waals surface area contributed by atoms with E-state index in [-0.39, 0.29) is 0 Å². The van der Waals surface area contributed by atoms with Crippen LogP contribution in [-0.2, 0) is 0 Å². The van der Waals surface area contributed by atoms with Gasteiger partial charge in [-0.25, -0.2) is 9.97 Å². The quantitative estimate of drug-likeness (QED) is 0.902. The molecule has 1 N–H and O–H groups in total. The van der Waals surface area contributed by atoms with E-state index >= 15 is 0 Å². The molecule has 0 aliphatic rings. The average Bonchev–Trinajstić information content (AvgIpc) is 2.44. The fourth-order valence-electron chi connectivity index (χ4n) is 2.02. The van der Waals surface area contributed by atoms with Crippen molar-refractivity contribution in [2.45, 2.75) is 27.2 Å². The third-order valence-corrected chi connectivity index (χ3v) is 3.01. The number of ether oxygens (including phenoxy) is 1. The van der Waals surface area contributed by atoms with Gasteiger partial charge in [0.15, 0.2) is 5.82 Å². The predicted molar refractivity (Wildman–Crippen MR) is 82.3 cm³/mol. The summed E-state index contributed by atoms with van der Waals surface area (Å²) in [6, 6.07) is 8.01. The van der Waals surface area contributed by atoms with E-state index in [9.17, 15) is 0 Å². The van der Waals surface area contributed by atoms with Gasteiger partial charge in [0.25, 0.3) is 0 Å². The highest BCUT2D eigenvalue weighted by Gasteiger charge is 2.10. The third-order valence-electron chi connectivity index (χ3n) is 3.01. The van der Waals surface area contributed by atoms with Crippen molar-refractivity contribution >= 4 is 5.82 Å². The Bertz CT molecular complexity index is 596. The number of methoxy groups -OCH3 is 1. The highest BCUT2D eigenvalue weighted by Crippen LogP contribution is 2.29. The molecule has 0 saturated carbocycles. The van der Waals surface area contributed by atoms with Gasteiger partial charge in [-0.15, -0.1) is 0 Å². The lowest BCUT2D eigenvalue weighted by molar-refractivity contribution is 0.416. The van der Waals surface area contributed by atoms with Gasteiger partial charge < -0.3 is 10.1 Å². The summed E-state index contributed by atoms with van der Waals surface area (Å²) in [7, 11) is 1.67. The van der Waals surface area contributed by atoms with Crippen LogP contribution in [0.5, 0.6) is 5.75 Å². The standard InChI is InChI=1S/C16H21N3O/c1-5-8-17-15-10-12(3)18-16(19-15)13-7-6-11(2)9-14(13)20-4/h6-7,9-10H,5,8H2,1-4H3,(H,17,18,19). The highest BCUT2D eigenvalue weighted by molar-refractivity contribution is 5.66. The largest absolute Gasteiger partial charge is 0.496 e. The maximum Gasteiger partial charge on any atom is 0.165 e. The van der Waals surface area contributed by atoms with Gasteiger partial charge in [-0.1, -0.05) is 13.0 Å². The molecule has 106 valence electrons. The number of aromatic nitrogens is 2. The molecule has 4 heteroatoms. The second kappa shape index (κ2) is 6.37. The van der Waals surface area contributed by atoms with Gasteiger partial charge in [-0.3, -0.25) is 0 Å². The van der Waals surface area contributed by atoms with Crippen LogP contribution in [0.3, 0.4) is 0 Å². The van der Waals surface area contributed by atoms with E-state index in [0.717, 1.165) is 41.4 Å². The zero-order valence-corrected chi connectivity index (χ0v) is 12.5. The summed E-state index contributed by atoms with van der Waals surface area (Å²) < 4.78 is 5.44. The van der Waals surface area contributed by atoms with Crippen LogP contribution < -0.4 is 10.1 Å². The number of anilines is 1. The number of benzene rings is 1. The summed E-state index contributed by atoms with van der Waals surface area (Å²) in [4.78, 5) is 9.10. The predicted octanol–water partition coefficient (Wildman–Crippen LogP) is 3.59. The maximum absolute atomic E-state index is 5.44. The molecule has 0 bridgehead atoms. The Labute approximate surface area is 120 Å². The molecule has 0 atom stereocenters. The number of nitrogens with one attached hydrogen (secondary N) is 1. The van der Waals surface area contributed by atoms with Crippen molar-refractivity contribution in [2.24, 2.45) is 0 Å². The van der Waals surface area contributed by atoms with E-state index in [2.05, 4.69) is 22.2 Å². The van der Waals surface area contributed by atoms with Gasteiger partial charge >= 0.3 is 0 Å². The van der Waals surface area contributed by atoms with E-state index in [1.807, 2.05) is 38.1 Å².